The van der Waals surface area contributed by atoms with Crippen LogP contribution >= 0.6 is 0 Å². The molecule has 0 bridgehead atoms. The molecule has 5 nitrogen and oxygen atoms in total. The summed E-state index contributed by atoms with van der Waals surface area (Å²) in [5.41, 5.74) is 0. The second-order valence-electron chi connectivity index (χ2n) is 3.92. The van der Waals surface area contributed by atoms with Crippen molar-refractivity contribution in [3.63, 3.8) is 0 Å². The van der Waals surface area contributed by atoms with Gasteiger partial charge in [0, 0.05) is 21.0 Å². The fourth-order valence-electron chi connectivity index (χ4n) is 1.41. The van der Waals surface area contributed by atoms with Crippen LogP contribution in [0.5, 0.6) is 0 Å². The molecule has 0 rings (SSSR count). The lowest BCUT2D eigenvalue weighted by Crippen LogP contribution is -2.41. The minimum atomic E-state index is -0.564. The molecule has 0 fully saturated rings. The first kappa shape index (κ1) is 14.9. The molecule has 0 aromatic heterocycles. The Balaban J connectivity index is 4.63. The summed E-state index contributed by atoms with van der Waals surface area (Å²) in [5.74, 6) is -0.768. The summed E-state index contributed by atoms with van der Waals surface area (Å²) in [5, 5.41) is 0. The van der Waals surface area contributed by atoms with Crippen LogP contribution in [-0.4, -0.2) is 37.9 Å². The van der Waals surface area contributed by atoms with Crippen molar-refractivity contribution in [2.24, 2.45) is 5.92 Å². The highest BCUT2D eigenvalue weighted by atomic mass is 16.6. The molecule has 0 saturated carbocycles. The molecule has 0 aliphatic carbocycles. The van der Waals surface area contributed by atoms with Crippen LogP contribution < -0.4 is 0 Å². The number of hydrogen-bond donors (Lipinski definition) is 0. The summed E-state index contributed by atoms with van der Waals surface area (Å²) < 4.78 is 15.2. The van der Waals surface area contributed by atoms with Crippen LogP contribution in [0.4, 0.5) is 0 Å². The fourth-order valence-corrected chi connectivity index (χ4v) is 1.41. The lowest BCUT2D eigenvalue weighted by molar-refractivity contribution is -0.173. The summed E-state index contributed by atoms with van der Waals surface area (Å²) in [6.07, 6.45) is -1.05. The fraction of sp³-hybridized carbons (Fsp3) is 0.818. The van der Waals surface area contributed by atoms with E-state index in [1.165, 1.54) is 21.0 Å². The summed E-state index contributed by atoms with van der Waals surface area (Å²) in [4.78, 5) is 21.9. The molecule has 0 amide bonds. The predicted molar refractivity (Wildman–Crippen MR) is 57.8 cm³/mol. The van der Waals surface area contributed by atoms with E-state index < -0.39 is 24.1 Å². The Morgan fingerprint density at radius 2 is 1.56 bits per heavy atom. The lowest BCUT2D eigenvalue weighted by atomic mass is 10.0. The van der Waals surface area contributed by atoms with Crippen LogP contribution in [0.1, 0.15) is 27.7 Å². The molecule has 0 aromatic rings. The first-order valence-corrected chi connectivity index (χ1v) is 5.21. The second-order valence-corrected chi connectivity index (χ2v) is 3.92. The number of carbonyl (C=O) groups is 2. The number of esters is 2. The minimum Gasteiger partial charge on any atom is -0.458 e. The maximum Gasteiger partial charge on any atom is 0.303 e. The van der Waals surface area contributed by atoms with Crippen molar-refractivity contribution in [1.82, 2.24) is 0 Å². The number of hydrogen-bond acceptors (Lipinski definition) is 5. The zero-order valence-electron chi connectivity index (χ0n) is 10.5. The van der Waals surface area contributed by atoms with E-state index in [4.69, 9.17) is 14.2 Å². The van der Waals surface area contributed by atoms with Gasteiger partial charge in [0.25, 0.3) is 0 Å². The van der Waals surface area contributed by atoms with Gasteiger partial charge < -0.3 is 14.2 Å². The summed E-state index contributed by atoms with van der Waals surface area (Å²) in [6, 6.07) is 0. The van der Waals surface area contributed by atoms with Gasteiger partial charge in [0.15, 0.2) is 6.10 Å². The Kier molecular flexibility index (Phi) is 6.72. The van der Waals surface area contributed by atoms with Crippen LogP contribution in [-0.2, 0) is 23.8 Å². The topological polar surface area (TPSA) is 61.8 Å². The molecular weight excluding hydrogens is 212 g/mol. The predicted octanol–water partition coefficient (Wildman–Crippen LogP) is 1.15. The quantitative estimate of drug-likeness (QED) is 0.643. The maximum absolute atomic E-state index is 10.9. The number of methoxy groups -OCH3 is 1. The second kappa shape index (κ2) is 7.22. The van der Waals surface area contributed by atoms with Crippen LogP contribution in [0.15, 0.2) is 0 Å². The van der Waals surface area contributed by atoms with Gasteiger partial charge in [0.05, 0.1) is 6.61 Å². The van der Waals surface area contributed by atoms with Gasteiger partial charge in [-0.2, -0.15) is 0 Å². The zero-order valence-corrected chi connectivity index (χ0v) is 10.5. The Morgan fingerprint density at radius 1 is 1.06 bits per heavy atom. The van der Waals surface area contributed by atoms with Gasteiger partial charge >= 0.3 is 11.9 Å². The Labute approximate surface area is 96.1 Å². The lowest BCUT2D eigenvalue weighted by Gasteiger charge is -2.28. The molecule has 0 saturated heterocycles. The Bertz CT molecular complexity index is 237. The summed E-state index contributed by atoms with van der Waals surface area (Å²) in [6.45, 7) is 6.62. The largest absolute Gasteiger partial charge is 0.458 e. The van der Waals surface area contributed by atoms with E-state index in [0.717, 1.165) is 0 Å². The van der Waals surface area contributed by atoms with Gasteiger partial charge in [0.1, 0.15) is 6.10 Å². The molecule has 0 aromatic carbocycles. The van der Waals surface area contributed by atoms with Gasteiger partial charge in [-0.15, -0.1) is 0 Å². The number of carbonyl (C=O) groups excluding carboxylic acids is 2. The minimum absolute atomic E-state index is 0.0448. The van der Waals surface area contributed by atoms with E-state index >= 15 is 0 Å². The monoisotopic (exact) mass is 232 g/mol. The maximum atomic E-state index is 10.9. The average molecular weight is 232 g/mol. The van der Waals surface area contributed by atoms with Crippen molar-refractivity contribution >= 4 is 11.9 Å². The highest BCUT2D eigenvalue weighted by Gasteiger charge is 2.29. The third kappa shape index (κ3) is 5.70. The molecule has 2 unspecified atom stereocenters. The van der Waals surface area contributed by atoms with Gasteiger partial charge in [-0.3, -0.25) is 9.59 Å². The third-order valence-corrected chi connectivity index (χ3v) is 1.97. The molecule has 0 heterocycles. The van der Waals surface area contributed by atoms with Crippen molar-refractivity contribution in [2.45, 2.75) is 39.9 Å². The Morgan fingerprint density at radius 3 is 1.88 bits per heavy atom. The van der Waals surface area contributed by atoms with Crippen molar-refractivity contribution < 1.29 is 23.8 Å². The highest BCUT2D eigenvalue weighted by Crippen LogP contribution is 2.15. The smallest absolute Gasteiger partial charge is 0.303 e. The van der Waals surface area contributed by atoms with Crippen molar-refractivity contribution in [3.05, 3.63) is 0 Å². The van der Waals surface area contributed by atoms with E-state index in [1.54, 1.807) is 0 Å². The van der Waals surface area contributed by atoms with Gasteiger partial charge in [-0.25, -0.2) is 0 Å². The average Bonchev–Trinajstić information content (AvgIpc) is 2.12. The molecule has 0 radical (unpaired) electrons. The van der Waals surface area contributed by atoms with Crippen molar-refractivity contribution in [2.75, 3.05) is 13.7 Å². The molecule has 0 spiro atoms. The van der Waals surface area contributed by atoms with Crippen LogP contribution in [0.25, 0.3) is 0 Å². The van der Waals surface area contributed by atoms with Crippen LogP contribution in [0.2, 0.25) is 0 Å². The Hall–Kier alpha value is -1.10. The molecule has 0 aliphatic rings. The first-order valence-electron chi connectivity index (χ1n) is 5.21. The highest BCUT2D eigenvalue weighted by molar-refractivity contribution is 5.67. The van der Waals surface area contributed by atoms with E-state index in [1.807, 2.05) is 13.8 Å². The molecule has 5 heteroatoms. The summed E-state index contributed by atoms with van der Waals surface area (Å²) in [7, 11) is 1.50. The van der Waals surface area contributed by atoms with E-state index in [9.17, 15) is 9.59 Å². The molecule has 2 atom stereocenters. The molecular formula is C11H20O5. The van der Waals surface area contributed by atoms with E-state index in [0.29, 0.717) is 0 Å². The number of rotatable bonds is 6. The molecule has 94 valence electrons. The number of ether oxygens (including phenoxy) is 3. The van der Waals surface area contributed by atoms with E-state index in [2.05, 4.69) is 0 Å². The molecule has 16 heavy (non-hydrogen) atoms. The molecule has 0 aliphatic heterocycles. The molecule has 0 N–H and O–H groups in total. The standard InChI is InChI=1S/C11H20O5/c1-7(2)11(16-9(4)13)10(6-14-5)15-8(3)12/h7,10-11H,6H2,1-5H3. The van der Waals surface area contributed by atoms with Crippen LogP contribution in [0, 0.1) is 5.92 Å². The van der Waals surface area contributed by atoms with Gasteiger partial charge in [-0.1, -0.05) is 13.8 Å². The van der Waals surface area contributed by atoms with Gasteiger partial charge in [0.2, 0.25) is 0 Å². The normalized spacial score (nSPS) is 14.4. The van der Waals surface area contributed by atoms with E-state index in [-0.39, 0.29) is 12.5 Å². The third-order valence-electron chi connectivity index (χ3n) is 1.97. The first-order chi connectivity index (χ1) is 7.38. The summed E-state index contributed by atoms with van der Waals surface area (Å²) >= 11 is 0. The zero-order chi connectivity index (χ0) is 12.7. The van der Waals surface area contributed by atoms with Crippen molar-refractivity contribution in [1.29, 1.82) is 0 Å². The van der Waals surface area contributed by atoms with Gasteiger partial charge in [-0.05, 0) is 5.92 Å². The van der Waals surface area contributed by atoms with Crippen LogP contribution in [0.3, 0.4) is 0 Å². The SMILES string of the molecule is COCC(OC(C)=O)C(OC(C)=O)C(C)C. The van der Waals surface area contributed by atoms with Crippen molar-refractivity contribution in [3.8, 4) is 0 Å².